The maximum absolute atomic E-state index is 3.71. The van der Waals surface area contributed by atoms with E-state index < -0.39 is 0 Å². The van der Waals surface area contributed by atoms with Crippen LogP contribution in [0.4, 0.5) is 0 Å². The zero-order valence-electron chi connectivity index (χ0n) is 7.71. The third-order valence-electron chi connectivity index (χ3n) is 1.60. The fraction of sp³-hybridized carbons (Fsp3) is 0.600. The SMILES string of the molecule is C=CCN(CC)CC=CCC. The van der Waals surface area contributed by atoms with Gasteiger partial charge in [0.25, 0.3) is 0 Å². The fourth-order valence-corrected chi connectivity index (χ4v) is 0.906. The summed E-state index contributed by atoms with van der Waals surface area (Å²) in [6.45, 7) is 11.2. The summed E-state index contributed by atoms with van der Waals surface area (Å²) in [6, 6.07) is 0. The van der Waals surface area contributed by atoms with Crippen LogP contribution in [0.25, 0.3) is 0 Å². The lowest BCUT2D eigenvalue weighted by Crippen LogP contribution is -2.23. The number of allylic oxidation sites excluding steroid dienone is 1. The van der Waals surface area contributed by atoms with Crippen molar-refractivity contribution in [2.24, 2.45) is 0 Å². The number of hydrogen-bond donors (Lipinski definition) is 0. The van der Waals surface area contributed by atoms with Crippen molar-refractivity contribution in [2.45, 2.75) is 20.3 Å². The molecule has 0 rings (SSSR count). The monoisotopic (exact) mass is 153 g/mol. The van der Waals surface area contributed by atoms with Gasteiger partial charge in [0.2, 0.25) is 0 Å². The van der Waals surface area contributed by atoms with Crippen LogP contribution in [-0.2, 0) is 0 Å². The second kappa shape index (κ2) is 7.55. The lowest BCUT2D eigenvalue weighted by Gasteiger charge is -2.15. The van der Waals surface area contributed by atoms with E-state index in [0.29, 0.717) is 0 Å². The van der Waals surface area contributed by atoms with E-state index in [2.05, 4.69) is 37.5 Å². The van der Waals surface area contributed by atoms with Crippen molar-refractivity contribution in [1.82, 2.24) is 4.90 Å². The molecule has 64 valence electrons. The van der Waals surface area contributed by atoms with Crippen LogP contribution in [-0.4, -0.2) is 24.5 Å². The highest BCUT2D eigenvalue weighted by atomic mass is 15.1. The van der Waals surface area contributed by atoms with E-state index in [-0.39, 0.29) is 0 Å². The molecular formula is C10H19N. The largest absolute Gasteiger partial charge is 0.296 e. The smallest absolute Gasteiger partial charge is 0.0166 e. The predicted molar refractivity (Wildman–Crippen MR) is 51.7 cm³/mol. The average Bonchev–Trinajstić information content (AvgIpc) is 2.03. The second-order valence-electron chi connectivity index (χ2n) is 2.52. The van der Waals surface area contributed by atoms with Gasteiger partial charge in [-0.15, -0.1) is 6.58 Å². The minimum Gasteiger partial charge on any atom is -0.296 e. The summed E-state index contributed by atoms with van der Waals surface area (Å²) < 4.78 is 0. The molecule has 0 fully saturated rings. The third kappa shape index (κ3) is 5.86. The Morgan fingerprint density at radius 2 is 1.91 bits per heavy atom. The predicted octanol–water partition coefficient (Wildman–Crippen LogP) is 2.46. The van der Waals surface area contributed by atoms with Crippen molar-refractivity contribution in [3.05, 3.63) is 24.8 Å². The Kier molecular flexibility index (Phi) is 7.16. The summed E-state index contributed by atoms with van der Waals surface area (Å²) in [5.74, 6) is 0. The van der Waals surface area contributed by atoms with E-state index in [4.69, 9.17) is 0 Å². The first-order valence-corrected chi connectivity index (χ1v) is 4.33. The van der Waals surface area contributed by atoms with Gasteiger partial charge in [0.1, 0.15) is 0 Å². The number of likely N-dealkylation sites (N-methyl/N-ethyl adjacent to an activating group) is 1. The molecule has 11 heavy (non-hydrogen) atoms. The van der Waals surface area contributed by atoms with Gasteiger partial charge in [-0.25, -0.2) is 0 Å². The van der Waals surface area contributed by atoms with Crippen LogP contribution in [0.15, 0.2) is 24.8 Å². The molecule has 0 atom stereocenters. The molecule has 0 radical (unpaired) electrons. The number of hydrogen-bond acceptors (Lipinski definition) is 1. The standard InChI is InChI=1S/C10H19N/c1-4-7-8-10-11(6-3)9-5-2/h5,7-8H,2,4,6,9-10H2,1,3H3. The van der Waals surface area contributed by atoms with E-state index in [1.54, 1.807) is 0 Å². The molecule has 0 aliphatic rings. The van der Waals surface area contributed by atoms with Crippen LogP contribution < -0.4 is 0 Å². The lowest BCUT2D eigenvalue weighted by atomic mass is 10.4. The summed E-state index contributed by atoms with van der Waals surface area (Å²) in [5.41, 5.74) is 0. The van der Waals surface area contributed by atoms with Crippen molar-refractivity contribution in [1.29, 1.82) is 0 Å². The maximum atomic E-state index is 3.71. The van der Waals surface area contributed by atoms with Gasteiger partial charge in [0.05, 0.1) is 0 Å². The molecular weight excluding hydrogens is 134 g/mol. The van der Waals surface area contributed by atoms with Gasteiger partial charge in [-0.3, -0.25) is 4.90 Å². The molecule has 0 saturated heterocycles. The molecule has 0 aliphatic carbocycles. The summed E-state index contributed by atoms with van der Waals surface area (Å²) in [4.78, 5) is 2.33. The average molecular weight is 153 g/mol. The minimum absolute atomic E-state index is 0.991. The topological polar surface area (TPSA) is 3.24 Å². The highest BCUT2D eigenvalue weighted by Crippen LogP contribution is 1.89. The van der Waals surface area contributed by atoms with Gasteiger partial charge in [-0.1, -0.05) is 32.1 Å². The molecule has 0 aliphatic heterocycles. The molecule has 0 amide bonds. The molecule has 0 aromatic rings. The quantitative estimate of drug-likeness (QED) is 0.530. The molecule has 0 unspecified atom stereocenters. The van der Waals surface area contributed by atoms with E-state index >= 15 is 0 Å². The Morgan fingerprint density at radius 1 is 1.18 bits per heavy atom. The van der Waals surface area contributed by atoms with Gasteiger partial charge < -0.3 is 0 Å². The number of nitrogens with zero attached hydrogens (tertiary/aromatic N) is 1. The van der Waals surface area contributed by atoms with E-state index in [0.717, 1.165) is 26.1 Å². The van der Waals surface area contributed by atoms with Crippen LogP contribution in [0, 0.1) is 0 Å². The number of rotatable bonds is 6. The van der Waals surface area contributed by atoms with Crippen LogP contribution in [0.5, 0.6) is 0 Å². The van der Waals surface area contributed by atoms with Crippen LogP contribution >= 0.6 is 0 Å². The van der Waals surface area contributed by atoms with Crippen LogP contribution in [0.1, 0.15) is 20.3 Å². The zero-order valence-corrected chi connectivity index (χ0v) is 7.71. The first-order valence-electron chi connectivity index (χ1n) is 4.33. The molecule has 1 heteroatoms. The fourth-order valence-electron chi connectivity index (χ4n) is 0.906. The van der Waals surface area contributed by atoms with Gasteiger partial charge in [-0.2, -0.15) is 0 Å². The Hall–Kier alpha value is -0.560. The van der Waals surface area contributed by atoms with E-state index in [1.165, 1.54) is 0 Å². The highest BCUT2D eigenvalue weighted by Gasteiger charge is 1.93. The van der Waals surface area contributed by atoms with Crippen LogP contribution in [0.3, 0.4) is 0 Å². The van der Waals surface area contributed by atoms with Gasteiger partial charge in [-0.05, 0) is 13.0 Å². The third-order valence-corrected chi connectivity index (χ3v) is 1.60. The molecule has 0 heterocycles. The lowest BCUT2D eigenvalue weighted by molar-refractivity contribution is 0.354. The molecule has 0 N–H and O–H groups in total. The molecule has 1 nitrogen and oxygen atoms in total. The maximum Gasteiger partial charge on any atom is 0.0166 e. The molecule has 0 aromatic heterocycles. The first kappa shape index (κ1) is 10.4. The summed E-state index contributed by atoms with van der Waals surface area (Å²) in [6.07, 6.45) is 7.49. The molecule has 0 saturated carbocycles. The van der Waals surface area contributed by atoms with Crippen molar-refractivity contribution >= 4 is 0 Å². The summed E-state index contributed by atoms with van der Waals surface area (Å²) in [5, 5.41) is 0. The van der Waals surface area contributed by atoms with Gasteiger partial charge >= 0.3 is 0 Å². The van der Waals surface area contributed by atoms with Crippen molar-refractivity contribution in [2.75, 3.05) is 19.6 Å². The van der Waals surface area contributed by atoms with Gasteiger partial charge in [0, 0.05) is 13.1 Å². The Morgan fingerprint density at radius 3 is 2.36 bits per heavy atom. The highest BCUT2D eigenvalue weighted by molar-refractivity contribution is 4.85. The molecule has 0 bridgehead atoms. The van der Waals surface area contributed by atoms with Crippen molar-refractivity contribution in [3.8, 4) is 0 Å². The van der Waals surface area contributed by atoms with Crippen molar-refractivity contribution < 1.29 is 0 Å². The first-order chi connectivity index (χ1) is 5.35. The Labute approximate surface area is 70.4 Å². The molecule has 0 aromatic carbocycles. The summed E-state index contributed by atoms with van der Waals surface area (Å²) in [7, 11) is 0. The van der Waals surface area contributed by atoms with Gasteiger partial charge in [0.15, 0.2) is 0 Å². The Bertz CT molecular complexity index is 116. The normalized spacial score (nSPS) is 11.2. The van der Waals surface area contributed by atoms with E-state index in [1.807, 2.05) is 6.08 Å². The minimum atomic E-state index is 0.991. The summed E-state index contributed by atoms with van der Waals surface area (Å²) >= 11 is 0. The Balaban J connectivity index is 3.50. The van der Waals surface area contributed by atoms with Crippen molar-refractivity contribution in [3.63, 3.8) is 0 Å². The van der Waals surface area contributed by atoms with E-state index in [9.17, 15) is 0 Å². The zero-order chi connectivity index (χ0) is 8.53. The second-order valence-corrected chi connectivity index (χ2v) is 2.52. The van der Waals surface area contributed by atoms with Crippen LogP contribution in [0.2, 0.25) is 0 Å². The molecule has 0 spiro atoms.